The van der Waals surface area contributed by atoms with Gasteiger partial charge in [0.1, 0.15) is 0 Å². The van der Waals surface area contributed by atoms with E-state index in [-0.39, 0.29) is 45.7 Å². The highest BCUT2D eigenvalue weighted by Crippen LogP contribution is 2.40. The standard InChI is InChI=1S/C33H27F6N5/c1-6-20(4)40-27-16-14-23(32(34,35)36)18-25(27)30-41-29(22-12-10-9-11-13-22)42-31(43-30)26-19-24(33(37,38)39)15-17-28(26)44(8-3)21(5)7-2/h6-7,9-19,40H,1-2,4-5,8H2,3H3. The van der Waals surface area contributed by atoms with Gasteiger partial charge in [-0.3, -0.25) is 0 Å². The molecule has 0 spiro atoms. The number of anilines is 2. The van der Waals surface area contributed by atoms with E-state index in [2.05, 4.69) is 46.6 Å². The minimum Gasteiger partial charge on any atom is -0.355 e. The summed E-state index contributed by atoms with van der Waals surface area (Å²) in [6.07, 6.45) is -6.59. The van der Waals surface area contributed by atoms with Gasteiger partial charge in [-0.05, 0) is 55.5 Å². The molecule has 0 radical (unpaired) electrons. The summed E-state index contributed by atoms with van der Waals surface area (Å²) in [5.74, 6) is -0.380. The van der Waals surface area contributed by atoms with E-state index >= 15 is 0 Å². The van der Waals surface area contributed by atoms with Crippen molar-refractivity contribution in [3.8, 4) is 34.2 Å². The highest BCUT2D eigenvalue weighted by molar-refractivity contribution is 5.82. The van der Waals surface area contributed by atoms with Crippen molar-refractivity contribution in [3.05, 3.63) is 128 Å². The van der Waals surface area contributed by atoms with Crippen LogP contribution in [0, 0.1) is 0 Å². The van der Waals surface area contributed by atoms with Crippen LogP contribution in [0.5, 0.6) is 0 Å². The zero-order chi connectivity index (χ0) is 32.2. The molecule has 11 heteroatoms. The van der Waals surface area contributed by atoms with Crippen molar-refractivity contribution in [1.82, 2.24) is 15.0 Å². The molecule has 0 bridgehead atoms. The number of allylic oxidation sites excluding steroid dienone is 2. The van der Waals surface area contributed by atoms with Gasteiger partial charge in [0.25, 0.3) is 0 Å². The Labute approximate surface area is 250 Å². The molecule has 1 heterocycles. The van der Waals surface area contributed by atoms with Crippen LogP contribution in [-0.2, 0) is 12.4 Å². The average Bonchev–Trinajstić information content (AvgIpc) is 3.00. The van der Waals surface area contributed by atoms with Crippen LogP contribution in [0.3, 0.4) is 0 Å². The van der Waals surface area contributed by atoms with E-state index < -0.39 is 23.5 Å². The van der Waals surface area contributed by atoms with Crippen LogP contribution in [0.4, 0.5) is 37.7 Å². The number of aromatic nitrogens is 3. The van der Waals surface area contributed by atoms with E-state index in [1.165, 1.54) is 24.3 Å². The predicted octanol–water partition coefficient (Wildman–Crippen LogP) is 9.55. The molecule has 4 rings (SSSR count). The van der Waals surface area contributed by atoms with Crippen LogP contribution in [0.2, 0.25) is 0 Å². The number of rotatable bonds is 10. The maximum absolute atomic E-state index is 13.9. The molecule has 3 aromatic carbocycles. The first-order chi connectivity index (χ1) is 20.8. The lowest BCUT2D eigenvalue weighted by molar-refractivity contribution is -0.138. The molecule has 0 aliphatic carbocycles. The molecule has 0 atom stereocenters. The Balaban J connectivity index is 2.11. The summed E-state index contributed by atoms with van der Waals surface area (Å²) in [5.41, 5.74) is -0.479. The largest absolute Gasteiger partial charge is 0.416 e. The Morgan fingerprint density at radius 2 is 1.30 bits per heavy atom. The second-order valence-electron chi connectivity index (χ2n) is 9.45. The molecular formula is C33H27F6N5. The molecule has 226 valence electrons. The highest BCUT2D eigenvalue weighted by Gasteiger charge is 2.33. The minimum absolute atomic E-state index is 0.0328. The van der Waals surface area contributed by atoms with E-state index in [1.54, 1.807) is 42.2 Å². The van der Waals surface area contributed by atoms with Gasteiger partial charge in [-0.1, -0.05) is 56.6 Å². The Kier molecular flexibility index (Phi) is 9.08. The van der Waals surface area contributed by atoms with Gasteiger partial charge in [-0.25, -0.2) is 15.0 Å². The highest BCUT2D eigenvalue weighted by atomic mass is 19.4. The van der Waals surface area contributed by atoms with E-state index in [0.717, 1.165) is 24.3 Å². The number of nitrogens with one attached hydrogen (secondary N) is 1. The summed E-state index contributed by atoms with van der Waals surface area (Å²) in [5, 5.41) is 2.89. The van der Waals surface area contributed by atoms with Gasteiger partial charge in [-0.15, -0.1) is 0 Å². The Hall–Kier alpha value is -5.19. The van der Waals surface area contributed by atoms with Crippen molar-refractivity contribution in [3.63, 3.8) is 0 Å². The average molecular weight is 608 g/mol. The molecule has 0 fully saturated rings. The molecule has 5 nitrogen and oxygen atoms in total. The smallest absolute Gasteiger partial charge is 0.355 e. The van der Waals surface area contributed by atoms with Gasteiger partial charge in [0.2, 0.25) is 0 Å². The summed E-state index contributed by atoms with van der Waals surface area (Å²) in [6, 6.07) is 14.5. The summed E-state index contributed by atoms with van der Waals surface area (Å²) in [7, 11) is 0. The fourth-order valence-electron chi connectivity index (χ4n) is 4.34. The maximum atomic E-state index is 13.9. The van der Waals surface area contributed by atoms with Crippen LogP contribution >= 0.6 is 0 Å². The molecule has 0 aliphatic heterocycles. The first-order valence-corrected chi connectivity index (χ1v) is 13.2. The van der Waals surface area contributed by atoms with Gasteiger partial charge in [0.15, 0.2) is 17.5 Å². The quantitative estimate of drug-likeness (QED) is 0.144. The van der Waals surface area contributed by atoms with Gasteiger partial charge >= 0.3 is 12.4 Å². The van der Waals surface area contributed by atoms with E-state index in [0.29, 0.717) is 17.8 Å². The van der Waals surface area contributed by atoms with Crippen LogP contribution in [-0.4, -0.2) is 21.5 Å². The third kappa shape index (κ3) is 6.88. The molecule has 0 aliphatic rings. The molecule has 1 N–H and O–H groups in total. The van der Waals surface area contributed by atoms with E-state index in [4.69, 9.17) is 0 Å². The van der Waals surface area contributed by atoms with Crippen molar-refractivity contribution in [2.24, 2.45) is 0 Å². The second kappa shape index (κ2) is 12.6. The molecule has 0 amide bonds. The zero-order valence-corrected chi connectivity index (χ0v) is 23.6. The van der Waals surface area contributed by atoms with Crippen LogP contribution < -0.4 is 10.2 Å². The van der Waals surface area contributed by atoms with Gasteiger partial charge in [0, 0.05) is 40.3 Å². The molecule has 4 aromatic rings. The summed E-state index contributed by atoms with van der Waals surface area (Å²) < 4.78 is 83.4. The molecular weight excluding hydrogens is 580 g/mol. The fourth-order valence-corrected chi connectivity index (χ4v) is 4.34. The molecule has 44 heavy (non-hydrogen) atoms. The Bertz CT molecular complexity index is 1730. The first kappa shape index (κ1) is 31.7. The molecule has 0 unspecified atom stereocenters. The number of alkyl halides is 6. The molecule has 1 aromatic heterocycles. The van der Waals surface area contributed by atoms with Crippen molar-refractivity contribution < 1.29 is 26.3 Å². The number of nitrogens with zero attached hydrogens (tertiary/aromatic N) is 4. The Morgan fingerprint density at radius 1 is 0.750 bits per heavy atom. The topological polar surface area (TPSA) is 53.9 Å². The summed E-state index contributed by atoms with van der Waals surface area (Å²) in [4.78, 5) is 15.1. The van der Waals surface area contributed by atoms with Crippen molar-refractivity contribution in [1.29, 1.82) is 0 Å². The summed E-state index contributed by atoms with van der Waals surface area (Å²) in [6.45, 7) is 17.1. The van der Waals surface area contributed by atoms with E-state index in [9.17, 15) is 26.3 Å². The fraction of sp³-hybridized carbons (Fsp3) is 0.121. The van der Waals surface area contributed by atoms with E-state index in [1.807, 2.05) is 0 Å². The third-order valence-corrected chi connectivity index (χ3v) is 6.55. The van der Waals surface area contributed by atoms with Crippen molar-refractivity contribution in [2.75, 3.05) is 16.8 Å². The number of benzene rings is 3. The zero-order valence-electron chi connectivity index (χ0n) is 23.6. The second-order valence-corrected chi connectivity index (χ2v) is 9.45. The Morgan fingerprint density at radius 3 is 1.84 bits per heavy atom. The summed E-state index contributed by atoms with van der Waals surface area (Å²) >= 11 is 0. The SMILES string of the molecule is C=CC(=C)Nc1ccc(C(F)(F)F)cc1-c1nc(-c2ccccc2)nc(-c2cc(C(F)(F)F)ccc2N(CC)C(=C)C=C)n1. The third-order valence-electron chi connectivity index (χ3n) is 6.55. The lowest BCUT2D eigenvalue weighted by Gasteiger charge is -2.26. The van der Waals surface area contributed by atoms with Gasteiger partial charge in [-0.2, -0.15) is 26.3 Å². The van der Waals surface area contributed by atoms with Gasteiger partial charge < -0.3 is 10.2 Å². The monoisotopic (exact) mass is 607 g/mol. The predicted molar refractivity (Wildman–Crippen MR) is 161 cm³/mol. The van der Waals surface area contributed by atoms with Crippen LogP contribution in [0.15, 0.2) is 117 Å². The van der Waals surface area contributed by atoms with Crippen LogP contribution in [0.25, 0.3) is 34.2 Å². The van der Waals surface area contributed by atoms with Crippen molar-refractivity contribution in [2.45, 2.75) is 19.3 Å². The first-order valence-electron chi connectivity index (χ1n) is 13.2. The molecule has 0 saturated heterocycles. The lowest BCUT2D eigenvalue weighted by atomic mass is 10.0. The normalized spacial score (nSPS) is 11.5. The minimum atomic E-state index is -4.71. The number of halogens is 6. The molecule has 0 saturated carbocycles. The number of hydrogen-bond donors (Lipinski definition) is 1. The number of likely N-dealkylation sites (N-methyl/N-ethyl adjacent to an activating group) is 1. The van der Waals surface area contributed by atoms with Gasteiger partial charge in [0.05, 0.1) is 16.8 Å². The van der Waals surface area contributed by atoms with Crippen LogP contribution in [0.1, 0.15) is 18.1 Å². The maximum Gasteiger partial charge on any atom is 0.416 e. The van der Waals surface area contributed by atoms with Crippen molar-refractivity contribution >= 4 is 11.4 Å². The number of hydrogen-bond acceptors (Lipinski definition) is 5. The lowest BCUT2D eigenvalue weighted by Crippen LogP contribution is -2.21.